The van der Waals surface area contributed by atoms with Crippen LogP contribution in [0.2, 0.25) is 0 Å². The summed E-state index contributed by atoms with van der Waals surface area (Å²) in [5, 5.41) is 0. The molecule has 1 rings (SSSR count). The number of hydrogen-bond acceptors (Lipinski definition) is 3. The Morgan fingerprint density at radius 1 is 1.53 bits per heavy atom. The van der Waals surface area contributed by atoms with Crippen LogP contribution in [0, 0.1) is 12.7 Å². The van der Waals surface area contributed by atoms with Crippen LogP contribution in [0.4, 0.5) is 4.39 Å². The Hall–Kier alpha value is -1.71. The molecule has 3 nitrogen and oxygen atoms in total. The Kier molecular flexibility index (Phi) is 3.55. The Bertz CT molecular complexity index is 399. The highest BCUT2D eigenvalue weighted by Crippen LogP contribution is 2.17. The number of aryl methyl sites for hydroxylation is 1. The Labute approximate surface area is 86.9 Å². The van der Waals surface area contributed by atoms with Crippen LogP contribution in [-0.4, -0.2) is 19.4 Å². The molecule has 0 bridgehead atoms. The molecule has 0 radical (unpaired) electrons. The molecule has 0 fully saturated rings. The summed E-state index contributed by atoms with van der Waals surface area (Å²) in [5.41, 5.74) is 0.961. The van der Waals surface area contributed by atoms with Crippen LogP contribution in [0.5, 0.6) is 0 Å². The van der Waals surface area contributed by atoms with Gasteiger partial charge in [-0.15, -0.1) is 0 Å². The number of halogens is 1. The first-order chi connectivity index (χ1) is 7.10. The number of aldehydes is 1. The maximum atomic E-state index is 13.3. The SMILES string of the molecule is COC(=O)Cc1c(F)ccc(C)c1C=O. The number of hydrogen-bond donors (Lipinski definition) is 0. The molecule has 0 N–H and O–H groups in total. The second kappa shape index (κ2) is 4.68. The number of ether oxygens (including phenoxy) is 1. The van der Waals surface area contributed by atoms with Gasteiger partial charge in [0, 0.05) is 11.1 Å². The van der Waals surface area contributed by atoms with Crippen LogP contribution in [0.3, 0.4) is 0 Å². The van der Waals surface area contributed by atoms with Crippen molar-refractivity contribution < 1.29 is 18.7 Å². The minimum atomic E-state index is -0.567. The molecule has 0 amide bonds. The second-order valence-electron chi connectivity index (χ2n) is 3.13. The van der Waals surface area contributed by atoms with Gasteiger partial charge in [-0.2, -0.15) is 0 Å². The Morgan fingerprint density at radius 3 is 2.73 bits per heavy atom. The third-order valence-electron chi connectivity index (χ3n) is 2.18. The predicted octanol–water partition coefficient (Wildman–Crippen LogP) is 1.66. The highest BCUT2D eigenvalue weighted by atomic mass is 19.1. The fourth-order valence-electron chi connectivity index (χ4n) is 1.32. The van der Waals surface area contributed by atoms with E-state index < -0.39 is 11.8 Å². The van der Waals surface area contributed by atoms with Crippen molar-refractivity contribution in [1.82, 2.24) is 0 Å². The van der Waals surface area contributed by atoms with Gasteiger partial charge in [-0.3, -0.25) is 9.59 Å². The van der Waals surface area contributed by atoms with Crippen LogP contribution in [0.1, 0.15) is 21.5 Å². The first-order valence-electron chi connectivity index (χ1n) is 4.40. The van der Waals surface area contributed by atoms with Gasteiger partial charge in [0.05, 0.1) is 13.5 Å². The quantitative estimate of drug-likeness (QED) is 0.563. The lowest BCUT2D eigenvalue weighted by Gasteiger charge is -2.07. The Morgan fingerprint density at radius 2 is 2.20 bits per heavy atom. The number of esters is 1. The lowest BCUT2D eigenvalue weighted by atomic mass is 10.00. The van der Waals surface area contributed by atoms with Crippen LogP contribution in [0.25, 0.3) is 0 Å². The number of rotatable bonds is 3. The molecule has 0 unspecified atom stereocenters. The zero-order chi connectivity index (χ0) is 11.4. The fourth-order valence-corrected chi connectivity index (χ4v) is 1.32. The molecule has 0 saturated heterocycles. The van der Waals surface area contributed by atoms with E-state index in [1.807, 2.05) is 0 Å². The molecule has 0 aliphatic rings. The highest BCUT2D eigenvalue weighted by Gasteiger charge is 2.14. The number of methoxy groups -OCH3 is 1. The molecule has 80 valence electrons. The molecule has 0 saturated carbocycles. The normalized spacial score (nSPS) is 9.80. The van der Waals surface area contributed by atoms with Crippen molar-refractivity contribution in [3.63, 3.8) is 0 Å². The number of benzene rings is 1. The summed E-state index contributed by atoms with van der Waals surface area (Å²) in [6, 6.07) is 2.74. The highest BCUT2D eigenvalue weighted by molar-refractivity contribution is 5.83. The summed E-state index contributed by atoms with van der Waals surface area (Å²) in [4.78, 5) is 21.8. The fraction of sp³-hybridized carbons (Fsp3) is 0.273. The van der Waals surface area contributed by atoms with Crippen molar-refractivity contribution in [3.05, 3.63) is 34.6 Å². The molecule has 15 heavy (non-hydrogen) atoms. The first-order valence-corrected chi connectivity index (χ1v) is 4.40. The average molecular weight is 210 g/mol. The van der Waals surface area contributed by atoms with E-state index in [1.54, 1.807) is 6.92 Å². The summed E-state index contributed by atoms with van der Waals surface area (Å²) in [6.07, 6.45) is 0.328. The molecular weight excluding hydrogens is 199 g/mol. The van der Waals surface area contributed by atoms with E-state index in [0.717, 1.165) is 0 Å². The van der Waals surface area contributed by atoms with Crippen molar-refractivity contribution in [1.29, 1.82) is 0 Å². The van der Waals surface area contributed by atoms with E-state index >= 15 is 0 Å². The summed E-state index contributed by atoms with van der Waals surface area (Å²) >= 11 is 0. The van der Waals surface area contributed by atoms with Crippen molar-refractivity contribution in [2.24, 2.45) is 0 Å². The minimum absolute atomic E-state index is 0.0943. The second-order valence-corrected chi connectivity index (χ2v) is 3.13. The minimum Gasteiger partial charge on any atom is -0.469 e. The van der Waals surface area contributed by atoms with Gasteiger partial charge in [-0.25, -0.2) is 4.39 Å². The largest absolute Gasteiger partial charge is 0.469 e. The lowest BCUT2D eigenvalue weighted by Crippen LogP contribution is -2.09. The van der Waals surface area contributed by atoms with Gasteiger partial charge in [0.15, 0.2) is 6.29 Å². The maximum Gasteiger partial charge on any atom is 0.310 e. The number of carbonyl (C=O) groups is 2. The van der Waals surface area contributed by atoms with E-state index in [-0.39, 0.29) is 17.5 Å². The molecule has 0 spiro atoms. The van der Waals surface area contributed by atoms with E-state index in [2.05, 4.69) is 4.74 Å². The molecule has 0 aromatic heterocycles. The molecular formula is C11H11FO3. The van der Waals surface area contributed by atoms with E-state index in [0.29, 0.717) is 11.8 Å². The standard InChI is InChI=1S/C11H11FO3/c1-7-3-4-10(12)8(9(7)6-13)5-11(14)15-2/h3-4,6H,5H2,1-2H3. The van der Waals surface area contributed by atoms with Crippen LogP contribution < -0.4 is 0 Å². The summed E-state index contributed by atoms with van der Waals surface area (Å²) in [7, 11) is 1.22. The van der Waals surface area contributed by atoms with Crippen molar-refractivity contribution in [2.75, 3.05) is 7.11 Å². The van der Waals surface area contributed by atoms with Crippen LogP contribution in [-0.2, 0) is 16.0 Å². The first kappa shape index (κ1) is 11.4. The van der Waals surface area contributed by atoms with Gasteiger partial charge in [0.2, 0.25) is 0 Å². The zero-order valence-corrected chi connectivity index (χ0v) is 8.54. The average Bonchev–Trinajstić information content (AvgIpc) is 2.23. The van der Waals surface area contributed by atoms with Crippen LogP contribution in [0.15, 0.2) is 12.1 Å². The van der Waals surface area contributed by atoms with Gasteiger partial charge in [-0.1, -0.05) is 6.07 Å². The van der Waals surface area contributed by atoms with Crippen molar-refractivity contribution in [2.45, 2.75) is 13.3 Å². The van der Waals surface area contributed by atoms with Crippen LogP contribution >= 0.6 is 0 Å². The van der Waals surface area contributed by atoms with E-state index in [9.17, 15) is 14.0 Å². The lowest BCUT2D eigenvalue weighted by molar-refractivity contribution is -0.139. The maximum absolute atomic E-state index is 13.3. The van der Waals surface area contributed by atoms with E-state index in [4.69, 9.17) is 0 Å². The zero-order valence-electron chi connectivity index (χ0n) is 8.54. The molecule has 1 aromatic rings. The van der Waals surface area contributed by atoms with E-state index in [1.165, 1.54) is 19.2 Å². The van der Waals surface area contributed by atoms with Gasteiger partial charge in [-0.05, 0) is 18.6 Å². The number of carbonyl (C=O) groups excluding carboxylic acids is 2. The van der Waals surface area contributed by atoms with Crippen molar-refractivity contribution in [3.8, 4) is 0 Å². The van der Waals surface area contributed by atoms with Gasteiger partial charge >= 0.3 is 5.97 Å². The topological polar surface area (TPSA) is 43.4 Å². The molecule has 4 heteroatoms. The van der Waals surface area contributed by atoms with Gasteiger partial charge in [0.1, 0.15) is 5.82 Å². The summed E-state index contributed by atoms with van der Waals surface area (Å²) in [5.74, 6) is -1.13. The molecule has 0 atom stereocenters. The summed E-state index contributed by atoms with van der Waals surface area (Å²) in [6.45, 7) is 1.68. The van der Waals surface area contributed by atoms with Gasteiger partial charge in [0.25, 0.3) is 0 Å². The third kappa shape index (κ3) is 2.40. The molecule has 0 aliphatic heterocycles. The summed E-state index contributed by atoms with van der Waals surface area (Å²) < 4.78 is 17.8. The third-order valence-corrected chi connectivity index (χ3v) is 2.18. The smallest absolute Gasteiger partial charge is 0.310 e. The Balaban J connectivity index is 3.19. The molecule has 0 heterocycles. The predicted molar refractivity (Wildman–Crippen MR) is 52.2 cm³/mol. The monoisotopic (exact) mass is 210 g/mol. The van der Waals surface area contributed by atoms with Gasteiger partial charge < -0.3 is 4.74 Å². The molecule has 1 aromatic carbocycles. The van der Waals surface area contributed by atoms with Crippen molar-refractivity contribution >= 4 is 12.3 Å². The molecule has 0 aliphatic carbocycles.